The zero-order valence-electron chi connectivity index (χ0n) is 22.3. The molecule has 2 aliphatic rings. The first-order valence-corrected chi connectivity index (χ1v) is 12.9. The SMILES string of the molecule is CCC12CN(C(=O)OC(C)(C)C)CCN1c1nc(-n3ccnc3-c3ccccc3)ncc1-n1c(C)nnc12. The monoisotopic (exact) mass is 513 g/mol. The maximum absolute atomic E-state index is 13.1. The van der Waals surface area contributed by atoms with Crippen molar-refractivity contribution in [1.82, 2.24) is 39.2 Å². The van der Waals surface area contributed by atoms with Crippen LogP contribution in [0, 0.1) is 6.92 Å². The molecule has 1 unspecified atom stereocenters. The summed E-state index contributed by atoms with van der Waals surface area (Å²) in [6.45, 7) is 11.2. The van der Waals surface area contributed by atoms with Crippen LogP contribution in [-0.2, 0) is 10.3 Å². The predicted octanol–water partition coefficient (Wildman–Crippen LogP) is 3.89. The Labute approximate surface area is 221 Å². The lowest BCUT2D eigenvalue weighted by atomic mass is 9.87. The van der Waals surface area contributed by atoms with Gasteiger partial charge in [0.15, 0.2) is 11.6 Å². The summed E-state index contributed by atoms with van der Waals surface area (Å²) in [6.07, 6.45) is 5.82. The molecular weight excluding hydrogens is 482 g/mol. The Morgan fingerprint density at radius 3 is 2.63 bits per heavy atom. The maximum atomic E-state index is 13.1. The highest BCUT2D eigenvalue weighted by molar-refractivity contribution is 5.71. The Bertz CT molecular complexity index is 1500. The van der Waals surface area contributed by atoms with Crippen molar-refractivity contribution in [3.63, 3.8) is 0 Å². The first-order chi connectivity index (χ1) is 18.2. The number of aryl methyl sites for hydroxylation is 1. The van der Waals surface area contributed by atoms with Crippen molar-refractivity contribution in [3.8, 4) is 23.0 Å². The molecule has 11 heteroatoms. The minimum absolute atomic E-state index is 0.326. The number of rotatable bonds is 3. The molecule has 196 valence electrons. The average Bonchev–Trinajstić information content (AvgIpc) is 3.55. The van der Waals surface area contributed by atoms with Crippen LogP contribution in [0.1, 0.15) is 45.8 Å². The van der Waals surface area contributed by atoms with Gasteiger partial charge in [0.1, 0.15) is 28.5 Å². The highest BCUT2D eigenvalue weighted by Crippen LogP contribution is 2.45. The molecule has 1 fully saturated rings. The van der Waals surface area contributed by atoms with Crippen LogP contribution in [0.2, 0.25) is 0 Å². The van der Waals surface area contributed by atoms with Crippen LogP contribution < -0.4 is 4.90 Å². The zero-order valence-corrected chi connectivity index (χ0v) is 22.3. The van der Waals surface area contributed by atoms with Crippen molar-refractivity contribution >= 4 is 11.9 Å². The van der Waals surface area contributed by atoms with Gasteiger partial charge in [-0.2, -0.15) is 4.98 Å². The summed E-state index contributed by atoms with van der Waals surface area (Å²) < 4.78 is 9.64. The minimum Gasteiger partial charge on any atom is -0.444 e. The number of amides is 1. The molecule has 1 saturated heterocycles. The molecule has 3 aromatic heterocycles. The molecule has 0 aliphatic carbocycles. The van der Waals surface area contributed by atoms with Gasteiger partial charge in [-0.25, -0.2) is 14.8 Å². The number of piperazine rings is 1. The molecule has 0 N–H and O–H groups in total. The second-order valence-electron chi connectivity index (χ2n) is 10.7. The number of fused-ring (bicyclic) bond motifs is 6. The number of aromatic nitrogens is 7. The third-order valence-corrected chi connectivity index (χ3v) is 7.16. The second kappa shape index (κ2) is 8.64. The van der Waals surface area contributed by atoms with E-state index in [0.717, 1.165) is 34.5 Å². The summed E-state index contributed by atoms with van der Waals surface area (Å²) in [5.41, 5.74) is 0.603. The Hall–Kier alpha value is -4.28. The van der Waals surface area contributed by atoms with E-state index in [9.17, 15) is 4.79 Å². The van der Waals surface area contributed by atoms with E-state index in [1.807, 2.05) is 79.6 Å². The first-order valence-electron chi connectivity index (χ1n) is 12.9. The number of carbonyl (C=O) groups excluding carboxylic acids is 1. The molecule has 0 spiro atoms. The molecule has 1 amide bonds. The van der Waals surface area contributed by atoms with Crippen LogP contribution in [0.4, 0.5) is 10.6 Å². The predicted molar refractivity (Wildman–Crippen MR) is 141 cm³/mol. The van der Waals surface area contributed by atoms with Gasteiger partial charge < -0.3 is 14.5 Å². The second-order valence-corrected chi connectivity index (χ2v) is 10.7. The topological polar surface area (TPSA) is 107 Å². The Kier molecular flexibility index (Phi) is 5.48. The van der Waals surface area contributed by atoms with Crippen LogP contribution in [0.25, 0.3) is 23.0 Å². The fourth-order valence-corrected chi connectivity index (χ4v) is 5.41. The van der Waals surface area contributed by atoms with Crippen molar-refractivity contribution < 1.29 is 9.53 Å². The zero-order chi connectivity index (χ0) is 26.7. The quantitative estimate of drug-likeness (QED) is 0.406. The highest BCUT2D eigenvalue weighted by atomic mass is 16.6. The van der Waals surface area contributed by atoms with Gasteiger partial charge in [0.2, 0.25) is 5.95 Å². The van der Waals surface area contributed by atoms with Crippen molar-refractivity contribution in [2.24, 2.45) is 0 Å². The molecule has 38 heavy (non-hydrogen) atoms. The summed E-state index contributed by atoms with van der Waals surface area (Å²) in [4.78, 5) is 31.5. The van der Waals surface area contributed by atoms with Gasteiger partial charge in [0, 0.05) is 31.0 Å². The summed E-state index contributed by atoms with van der Waals surface area (Å²) in [5, 5.41) is 9.02. The number of benzene rings is 1. The van der Waals surface area contributed by atoms with E-state index in [1.54, 1.807) is 11.1 Å². The summed E-state index contributed by atoms with van der Waals surface area (Å²) in [5.74, 6) is 3.59. The Morgan fingerprint density at radius 2 is 1.89 bits per heavy atom. The number of imidazole rings is 1. The average molecular weight is 514 g/mol. The fourth-order valence-electron chi connectivity index (χ4n) is 5.41. The smallest absolute Gasteiger partial charge is 0.410 e. The van der Waals surface area contributed by atoms with Crippen LogP contribution in [0.3, 0.4) is 0 Å². The lowest BCUT2D eigenvalue weighted by Gasteiger charge is -2.52. The molecule has 1 aromatic carbocycles. The largest absolute Gasteiger partial charge is 0.444 e. The van der Waals surface area contributed by atoms with Gasteiger partial charge in [-0.15, -0.1) is 10.2 Å². The molecule has 4 aromatic rings. The fraction of sp³-hybridized carbons (Fsp3) is 0.407. The number of hydrogen-bond donors (Lipinski definition) is 0. The molecule has 0 saturated carbocycles. The van der Waals surface area contributed by atoms with Crippen molar-refractivity contribution in [1.29, 1.82) is 0 Å². The number of nitrogens with zero attached hydrogens (tertiary/aromatic N) is 9. The molecule has 11 nitrogen and oxygen atoms in total. The van der Waals surface area contributed by atoms with E-state index in [4.69, 9.17) is 14.7 Å². The third-order valence-electron chi connectivity index (χ3n) is 7.16. The van der Waals surface area contributed by atoms with Gasteiger partial charge in [-0.1, -0.05) is 37.3 Å². The van der Waals surface area contributed by atoms with Gasteiger partial charge in [-0.05, 0) is 34.1 Å². The molecule has 0 radical (unpaired) electrons. The lowest BCUT2D eigenvalue weighted by Crippen LogP contribution is -2.64. The number of carbonyl (C=O) groups is 1. The Balaban J connectivity index is 1.46. The standard InChI is InChI=1S/C27H31N9O2/c1-6-27-17-33(25(37)38-26(3,4)5)14-15-35(27)22-20(36-18(2)31-32-23(27)36)16-29-24(30-22)34-13-12-28-21(34)19-10-8-7-9-11-19/h7-13,16H,6,14-15,17H2,1-5H3. The van der Waals surface area contributed by atoms with Gasteiger partial charge >= 0.3 is 6.09 Å². The van der Waals surface area contributed by atoms with E-state index in [0.29, 0.717) is 32.0 Å². The van der Waals surface area contributed by atoms with E-state index in [2.05, 4.69) is 27.0 Å². The molecule has 0 bridgehead atoms. The first kappa shape index (κ1) is 24.1. The lowest BCUT2D eigenvalue weighted by molar-refractivity contribution is 0.0143. The minimum atomic E-state index is -0.619. The molecule has 5 heterocycles. The van der Waals surface area contributed by atoms with Crippen LogP contribution in [-0.4, -0.2) is 70.5 Å². The normalized spacial score (nSPS) is 18.6. The molecule has 2 aliphatic heterocycles. The summed E-state index contributed by atoms with van der Waals surface area (Å²) >= 11 is 0. The van der Waals surface area contributed by atoms with Crippen molar-refractivity contribution in [2.75, 3.05) is 24.5 Å². The molecule has 1 atom stereocenters. The Morgan fingerprint density at radius 1 is 1.11 bits per heavy atom. The number of hydrogen-bond acceptors (Lipinski definition) is 8. The van der Waals surface area contributed by atoms with Crippen LogP contribution in [0.5, 0.6) is 0 Å². The van der Waals surface area contributed by atoms with Gasteiger partial charge in [-0.3, -0.25) is 9.13 Å². The molecular formula is C27H31N9O2. The maximum Gasteiger partial charge on any atom is 0.410 e. The van der Waals surface area contributed by atoms with E-state index < -0.39 is 11.1 Å². The summed E-state index contributed by atoms with van der Waals surface area (Å²) in [6, 6.07) is 9.98. The number of ether oxygens (including phenoxy) is 1. The summed E-state index contributed by atoms with van der Waals surface area (Å²) in [7, 11) is 0. The van der Waals surface area contributed by atoms with Gasteiger partial charge in [0.05, 0.1) is 12.7 Å². The van der Waals surface area contributed by atoms with Crippen LogP contribution in [0.15, 0.2) is 48.9 Å². The van der Waals surface area contributed by atoms with Gasteiger partial charge in [0.25, 0.3) is 0 Å². The van der Waals surface area contributed by atoms with E-state index in [-0.39, 0.29) is 6.09 Å². The van der Waals surface area contributed by atoms with E-state index in [1.165, 1.54) is 0 Å². The molecule has 6 rings (SSSR count). The van der Waals surface area contributed by atoms with Crippen molar-refractivity contribution in [2.45, 2.75) is 52.2 Å². The third kappa shape index (κ3) is 3.72. The van der Waals surface area contributed by atoms with Crippen molar-refractivity contribution in [3.05, 3.63) is 60.6 Å². The van der Waals surface area contributed by atoms with Crippen LogP contribution >= 0.6 is 0 Å². The highest BCUT2D eigenvalue weighted by Gasteiger charge is 2.52. The number of anilines is 1. The van der Waals surface area contributed by atoms with E-state index >= 15 is 0 Å².